The van der Waals surface area contributed by atoms with Gasteiger partial charge < -0.3 is 20.1 Å². The topological polar surface area (TPSA) is 76.7 Å². The van der Waals surface area contributed by atoms with E-state index in [2.05, 4.69) is 10.6 Å². The molecule has 3 aromatic rings. The lowest BCUT2D eigenvalue weighted by atomic mass is 10.2. The Bertz CT molecular complexity index is 986. The zero-order chi connectivity index (χ0) is 22.1. The van der Waals surface area contributed by atoms with Crippen molar-refractivity contribution in [3.05, 3.63) is 90.0 Å². The molecule has 160 valence electrons. The predicted molar refractivity (Wildman–Crippen MR) is 120 cm³/mol. The number of amides is 2. The van der Waals surface area contributed by atoms with Crippen LogP contribution in [0.2, 0.25) is 0 Å². The summed E-state index contributed by atoms with van der Waals surface area (Å²) in [6.45, 7) is 4.63. The standard InChI is InChI=1S/C25H26N2O4/c1-3-30-22-15-11-21(12-16-22)27-24(28)18(2)31-23-13-9-20(10-14-23)25(29)26-17-19-7-5-4-6-8-19/h4-16,18H,3,17H2,1-2H3,(H,26,29)(H,27,28)/t18-/m1/s1. The van der Waals surface area contributed by atoms with E-state index in [1.165, 1.54) is 0 Å². The van der Waals surface area contributed by atoms with E-state index < -0.39 is 6.10 Å². The fourth-order valence-corrected chi connectivity index (χ4v) is 2.87. The normalized spacial score (nSPS) is 11.3. The molecule has 0 saturated heterocycles. The van der Waals surface area contributed by atoms with Crippen molar-refractivity contribution < 1.29 is 19.1 Å². The quantitative estimate of drug-likeness (QED) is 0.539. The lowest BCUT2D eigenvalue weighted by molar-refractivity contribution is -0.122. The van der Waals surface area contributed by atoms with Gasteiger partial charge in [0.2, 0.25) is 0 Å². The van der Waals surface area contributed by atoms with Crippen LogP contribution in [0.3, 0.4) is 0 Å². The predicted octanol–water partition coefficient (Wildman–Crippen LogP) is 4.42. The van der Waals surface area contributed by atoms with Gasteiger partial charge in [0.05, 0.1) is 6.61 Å². The van der Waals surface area contributed by atoms with Crippen LogP contribution >= 0.6 is 0 Å². The third kappa shape index (κ3) is 6.60. The fraction of sp³-hybridized carbons (Fsp3) is 0.200. The van der Waals surface area contributed by atoms with Crippen LogP contribution in [0.1, 0.15) is 29.8 Å². The molecule has 0 spiro atoms. The van der Waals surface area contributed by atoms with E-state index in [0.29, 0.717) is 30.2 Å². The molecule has 31 heavy (non-hydrogen) atoms. The number of anilines is 1. The number of carbonyl (C=O) groups excluding carboxylic acids is 2. The number of nitrogens with one attached hydrogen (secondary N) is 2. The summed E-state index contributed by atoms with van der Waals surface area (Å²) in [5.41, 5.74) is 2.22. The molecule has 2 N–H and O–H groups in total. The zero-order valence-electron chi connectivity index (χ0n) is 17.6. The largest absolute Gasteiger partial charge is 0.494 e. The average Bonchev–Trinajstić information content (AvgIpc) is 2.80. The first kappa shape index (κ1) is 21.9. The van der Waals surface area contributed by atoms with Crippen LogP contribution < -0.4 is 20.1 Å². The third-order valence-corrected chi connectivity index (χ3v) is 4.53. The van der Waals surface area contributed by atoms with E-state index in [4.69, 9.17) is 9.47 Å². The summed E-state index contributed by atoms with van der Waals surface area (Å²) in [5, 5.41) is 5.69. The van der Waals surface area contributed by atoms with Crippen LogP contribution in [0.5, 0.6) is 11.5 Å². The molecule has 3 aromatic carbocycles. The highest BCUT2D eigenvalue weighted by molar-refractivity contribution is 5.95. The third-order valence-electron chi connectivity index (χ3n) is 4.53. The lowest BCUT2D eigenvalue weighted by Gasteiger charge is -2.15. The number of rotatable bonds is 9. The Morgan fingerprint density at radius 1 is 0.871 bits per heavy atom. The first-order valence-corrected chi connectivity index (χ1v) is 10.2. The maximum atomic E-state index is 12.4. The summed E-state index contributed by atoms with van der Waals surface area (Å²) in [6.07, 6.45) is -0.704. The maximum Gasteiger partial charge on any atom is 0.265 e. The molecule has 0 radical (unpaired) electrons. The van der Waals surface area contributed by atoms with Crippen LogP contribution in [0.4, 0.5) is 5.69 Å². The molecule has 0 aliphatic rings. The smallest absolute Gasteiger partial charge is 0.265 e. The Labute approximate surface area is 182 Å². The Balaban J connectivity index is 1.50. The second-order valence-electron chi connectivity index (χ2n) is 6.90. The Morgan fingerprint density at radius 2 is 1.52 bits per heavy atom. The van der Waals surface area contributed by atoms with Gasteiger partial charge in [0.15, 0.2) is 6.10 Å². The molecular formula is C25H26N2O4. The molecule has 0 heterocycles. The summed E-state index contributed by atoms with van der Waals surface area (Å²) in [5.74, 6) is 0.817. The number of hydrogen-bond acceptors (Lipinski definition) is 4. The molecular weight excluding hydrogens is 392 g/mol. The van der Waals surface area contributed by atoms with Crippen molar-refractivity contribution in [3.63, 3.8) is 0 Å². The van der Waals surface area contributed by atoms with Crippen molar-refractivity contribution in [2.75, 3.05) is 11.9 Å². The minimum absolute atomic E-state index is 0.170. The summed E-state index contributed by atoms with van der Waals surface area (Å²) in [4.78, 5) is 24.7. The minimum Gasteiger partial charge on any atom is -0.494 e. The molecule has 0 bridgehead atoms. The summed E-state index contributed by atoms with van der Waals surface area (Å²) in [6, 6.07) is 23.6. The highest BCUT2D eigenvalue weighted by atomic mass is 16.5. The molecule has 3 rings (SSSR count). The van der Waals surface area contributed by atoms with Gasteiger partial charge >= 0.3 is 0 Å². The van der Waals surface area contributed by atoms with Crippen molar-refractivity contribution in [2.24, 2.45) is 0 Å². The molecule has 6 heteroatoms. The van der Waals surface area contributed by atoms with Crippen LogP contribution in [0.15, 0.2) is 78.9 Å². The Hall–Kier alpha value is -3.80. The van der Waals surface area contributed by atoms with Gasteiger partial charge in [-0.1, -0.05) is 30.3 Å². The number of benzene rings is 3. The molecule has 0 aliphatic carbocycles. The van der Waals surface area contributed by atoms with Crippen LogP contribution in [0, 0.1) is 0 Å². The van der Waals surface area contributed by atoms with Gasteiger partial charge in [-0.15, -0.1) is 0 Å². The van der Waals surface area contributed by atoms with Gasteiger partial charge in [-0.05, 0) is 67.9 Å². The van der Waals surface area contributed by atoms with Gasteiger partial charge in [0, 0.05) is 17.8 Å². The van der Waals surface area contributed by atoms with Crippen molar-refractivity contribution >= 4 is 17.5 Å². The molecule has 2 amide bonds. The van der Waals surface area contributed by atoms with E-state index in [1.807, 2.05) is 37.3 Å². The first-order chi connectivity index (χ1) is 15.0. The summed E-state index contributed by atoms with van der Waals surface area (Å²) in [7, 11) is 0. The molecule has 0 aliphatic heterocycles. The van der Waals surface area contributed by atoms with Crippen molar-refractivity contribution in [1.82, 2.24) is 5.32 Å². The molecule has 0 unspecified atom stereocenters. The number of ether oxygens (including phenoxy) is 2. The highest BCUT2D eigenvalue weighted by Crippen LogP contribution is 2.18. The van der Waals surface area contributed by atoms with Crippen molar-refractivity contribution in [1.29, 1.82) is 0 Å². The van der Waals surface area contributed by atoms with Crippen molar-refractivity contribution in [2.45, 2.75) is 26.5 Å². The Kier molecular flexibility index (Phi) is 7.65. The van der Waals surface area contributed by atoms with Crippen molar-refractivity contribution in [3.8, 4) is 11.5 Å². The van der Waals surface area contributed by atoms with Crippen LogP contribution in [-0.2, 0) is 11.3 Å². The zero-order valence-corrected chi connectivity index (χ0v) is 17.6. The summed E-state index contributed by atoms with van der Waals surface area (Å²) < 4.78 is 11.1. The van der Waals surface area contributed by atoms with E-state index in [9.17, 15) is 9.59 Å². The van der Waals surface area contributed by atoms with Gasteiger partial charge in [0.1, 0.15) is 11.5 Å². The summed E-state index contributed by atoms with van der Waals surface area (Å²) >= 11 is 0. The van der Waals surface area contributed by atoms with E-state index >= 15 is 0 Å². The molecule has 0 aromatic heterocycles. The average molecular weight is 418 g/mol. The van der Waals surface area contributed by atoms with Gasteiger partial charge in [-0.25, -0.2) is 0 Å². The monoisotopic (exact) mass is 418 g/mol. The number of carbonyl (C=O) groups is 2. The van der Waals surface area contributed by atoms with Gasteiger partial charge in [-0.3, -0.25) is 9.59 Å². The molecule has 0 saturated carbocycles. The second kappa shape index (κ2) is 10.8. The molecule has 6 nitrogen and oxygen atoms in total. The Morgan fingerprint density at radius 3 is 2.16 bits per heavy atom. The van der Waals surface area contributed by atoms with Crippen LogP contribution in [-0.4, -0.2) is 24.5 Å². The minimum atomic E-state index is -0.704. The fourth-order valence-electron chi connectivity index (χ4n) is 2.87. The lowest BCUT2D eigenvalue weighted by Crippen LogP contribution is -2.30. The van der Waals surface area contributed by atoms with Gasteiger partial charge in [0.25, 0.3) is 11.8 Å². The van der Waals surface area contributed by atoms with E-state index in [1.54, 1.807) is 55.5 Å². The van der Waals surface area contributed by atoms with E-state index in [0.717, 1.165) is 11.3 Å². The first-order valence-electron chi connectivity index (χ1n) is 10.2. The molecule has 1 atom stereocenters. The SMILES string of the molecule is CCOc1ccc(NC(=O)[C@@H](C)Oc2ccc(C(=O)NCc3ccccc3)cc2)cc1. The molecule has 0 fully saturated rings. The second-order valence-corrected chi connectivity index (χ2v) is 6.90. The highest BCUT2D eigenvalue weighted by Gasteiger charge is 2.15. The van der Waals surface area contributed by atoms with Gasteiger partial charge in [-0.2, -0.15) is 0 Å². The number of hydrogen-bond donors (Lipinski definition) is 2. The van der Waals surface area contributed by atoms with E-state index in [-0.39, 0.29) is 11.8 Å². The van der Waals surface area contributed by atoms with Crippen LogP contribution in [0.25, 0.3) is 0 Å². The maximum absolute atomic E-state index is 12.4.